The van der Waals surface area contributed by atoms with E-state index >= 15 is 0 Å². The van der Waals surface area contributed by atoms with Gasteiger partial charge in [-0.1, -0.05) is 6.08 Å². The molecule has 2 N–H and O–H groups in total. The Morgan fingerprint density at radius 3 is 2.59 bits per heavy atom. The molecule has 0 saturated heterocycles. The third-order valence-electron chi connectivity index (χ3n) is 5.65. The molecule has 0 saturated carbocycles. The molecule has 8 heteroatoms. The monoisotopic (exact) mass is 391 g/mol. The number of fused-ring (bicyclic) bond motifs is 1. The van der Waals surface area contributed by atoms with Crippen LogP contribution in [0.1, 0.15) is 18.4 Å². The second kappa shape index (κ2) is 7.30. The van der Waals surface area contributed by atoms with Crippen molar-refractivity contribution in [2.75, 3.05) is 20.2 Å². The molecule has 1 aromatic rings. The van der Waals surface area contributed by atoms with Crippen LogP contribution in [0.25, 0.3) is 0 Å². The molecule has 2 aliphatic rings. The quantitative estimate of drug-likeness (QED) is 0.822. The summed E-state index contributed by atoms with van der Waals surface area (Å²) in [5, 5.41) is 29.7. The Labute approximate surface area is 167 Å². The Kier molecular flexibility index (Phi) is 5.01. The standard InChI is InChI=1S/C21H18FN5O2/c1-12(28)27-6-5-14-16(8-23)20(26)21(10-24,11-25)19(17(14)9-27)15-7-13(29-2)3-4-18(15)22/h3-5,7,17,19H,6,9,26H2,1-2H3. The lowest BCUT2D eigenvalue weighted by atomic mass is 9.58. The molecule has 0 spiro atoms. The lowest BCUT2D eigenvalue weighted by Crippen LogP contribution is -2.49. The fourth-order valence-electron chi connectivity index (χ4n) is 4.17. The van der Waals surface area contributed by atoms with Crippen molar-refractivity contribution in [2.24, 2.45) is 17.1 Å². The van der Waals surface area contributed by atoms with E-state index in [9.17, 15) is 25.0 Å². The number of carbonyl (C=O) groups excluding carboxylic acids is 1. The van der Waals surface area contributed by atoms with Gasteiger partial charge < -0.3 is 15.4 Å². The van der Waals surface area contributed by atoms with Gasteiger partial charge in [-0.25, -0.2) is 4.39 Å². The molecule has 2 atom stereocenters. The van der Waals surface area contributed by atoms with E-state index in [-0.39, 0.29) is 35.8 Å². The largest absolute Gasteiger partial charge is 0.497 e. The molecule has 0 fully saturated rings. The zero-order valence-electron chi connectivity index (χ0n) is 15.9. The molecule has 1 aliphatic heterocycles. The van der Waals surface area contributed by atoms with Gasteiger partial charge in [0.15, 0.2) is 5.41 Å². The Morgan fingerprint density at radius 2 is 2.03 bits per heavy atom. The number of nitrogens with two attached hydrogens (primary N) is 1. The molecule has 0 aromatic heterocycles. The van der Waals surface area contributed by atoms with E-state index in [1.165, 1.54) is 37.1 Å². The summed E-state index contributed by atoms with van der Waals surface area (Å²) in [5.74, 6) is -2.16. The van der Waals surface area contributed by atoms with Crippen molar-refractivity contribution in [2.45, 2.75) is 12.8 Å². The van der Waals surface area contributed by atoms with E-state index in [2.05, 4.69) is 0 Å². The fraction of sp³-hybridized carbons (Fsp3) is 0.333. The van der Waals surface area contributed by atoms with Gasteiger partial charge in [0.1, 0.15) is 17.6 Å². The van der Waals surface area contributed by atoms with Crippen molar-refractivity contribution < 1.29 is 13.9 Å². The van der Waals surface area contributed by atoms with Crippen LogP contribution in [0.2, 0.25) is 0 Å². The van der Waals surface area contributed by atoms with E-state index in [4.69, 9.17) is 10.5 Å². The van der Waals surface area contributed by atoms with Gasteiger partial charge in [0, 0.05) is 31.8 Å². The topological polar surface area (TPSA) is 127 Å². The minimum Gasteiger partial charge on any atom is -0.497 e. The smallest absolute Gasteiger partial charge is 0.219 e. The Balaban J connectivity index is 2.36. The number of halogens is 1. The summed E-state index contributed by atoms with van der Waals surface area (Å²) >= 11 is 0. The average Bonchev–Trinajstić information content (AvgIpc) is 2.73. The number of nitrogens with zero attached hydrogens (tertiary/aromatic N) is 4. The number of hydrogen-bond acceptors (Lipinski definition) is 6. The average molecular weight is 391 g/mol. The van der Waals surface area contributed by atoms with Crippen molar-refractivity contribution in [1.82, 2.24) is 4.90 Å². The molecule has 7 nitrogen and oxygen atoms in total. The number of rotatable bonds is 2. The molecule has 2 unspecified atom stereocenters. The van der Waals surface area contributed by atoms with Gasteiger partial charge >= 0.3 is 0 Å². The van der Waals surface area contributed by atoms with Crippen LogP contribution in [0.15, 0.2) is 41.1 Å². The number of ether oxygens (including phenoxy) is 1. The predicted molar refractivity (Wildman–Crippen MR) is 100 cm³/mol. The normalized spacial score (nSPS) is 22.5. The number of hydrogen-bond donors (Lipinski definition) is 1. The maximum Gasteiger partial charge on any atom is 0.219 e. The van der Waals surface area contributed by atoms with Crippen LogP contribution >= 0.6 is 0 Å². The highest BCUT2D eigenvalue weighted by molar-refractivity contribution is 5.74. The van der Waals surface area contributed by atoms with Crippen molar-refractivity contribution >= 4 is 5.91 Å². The van der Waals surface area contributed by atoms with Gasteiger partial charge in [0.05, 0.1) is 30.5 Å². The van der Waals surface area contributed by atoms with Crippen LogP contribution in [0, 0.1) is 51.1 Å². The summed E-state index contributed by atoms with van der Waals surface area (Å²) in [6.07, 6.45) is 1.69. The third-order valence-corrected chi connectivity index (χ3v) is 5.65. The first-order valence-corrected chi connectivity index (χ1v) is 8.86. The molecule has 0 radical (unpaired) electrons. The van der Waals surface area contributed by atoms with Crippen LogP contribution in [-0.2, 0) is 4.79 Å². The third kappa shape index (κ3) is 2.88. The summed E-state index contributed by atoms with van der Waals surface area (Å²) in [4.78, 5) is 13.5. The van der Waals surface area contributed by atoms with Crippen molar-refractivity contribution in [1.29, 1.82) is 15.8 Å². The maximum absolute atomic E-state index is 14.9. The second-order valence-electron chi connectivity index (χ2n) is 6.99. The van der Waals surface area contributed by atoms with Gasteiger partial charge in [0.25, 0.3) is 0 Å². The number of methoxy groups -OCH3 is 1. The molecule has 1 heterocycles. The molecule has 1 amide bonds. The van der Waals surface area contributed by atoms with Crippen LogP contribution in [0.3, 0.4) is 0 Å². The van der Waals surface area contributed by atoms with Gasteiger partial charge in [-0.3, -0.25) is 4.79 Å². The van der Waals surface area contributed by atoms with Gasteiger partial charge in [-0.05, 0) is 29.3 Å². The number of nitriles is 3. The first-order valence-electron chi connectivity index (χ1n) is 8.86. The zero-order chi connectivity index (χ0) is 21.3. The number of allylic oxidation sites excluding steroid dienone is 2. The highest BCUT2D eigenvalue weighted by atomic mass is 19.1. The Morgan fingerprint density at radius 1 is 1.34 bits per heavy atom. The lowest BCUT2D eigenvalue weighted by molar-refractivity contribution is -0.129. The molecular formula is C21H18FN5O2. The molecule has 3 rings (SSSR count). The summed E-state index contributed by atoms with van der Waals surface area (Å²) in [6.45, 7) is 1.80. The molecular weight excluding hydrogens is 373 g/mol. The van der Waals surface area contributed by atoms with E-state index < -0.39 is 23.1 Å². The number of amides is 1. The minimum atomic E-state index is -1.97. The van der Waals surface area contributed by atoms with E-state index in [1.807, 2.05) is 18.2 Å². The van der Waals surface area contributed by atoms with Crippen LogP contribution in [0.5, 0.6) is 5.75 Å². The summed E-state index contributed by atoms with van der Waals surface area (Å²) < 4.78 is 20.1. The maximum atomic E-state index is 14.9. The lowest BCUT2D eigenvalue weighted by Gasteiger charge is -2.45. The number of benzene rings is 1. The van der Waals surface area contributed by atoms with Crippen molar-refractivity contribution in [3.8, 4) is 24.0 Å². The molecule has 29 heavy (non-hydrogen) atoms. The van der Waals surface area contributed by atoms with Gasteiger partial charge in [-0.2, -0.15) is 15.8 Å². The van der Waals surface area contributed by atoms with Crippen molar-refractivity contribution in [3.63, 3.8) is 0 Å². The van der Waals surface area contributed by atoms with Gasteiger partial charge in [-0.15, -0.1) is 0 Å². The Hall–Kier alpha value is -3.83. The van der Waals surface area contributed by atoms with Crippen molar-refractivity contribution in [3.05, 3.63) is 52.5 Å². The highest BCUT2D eigenvalue weighted by Gasteiger charge is 2.55. The second-order valence-corrected chi connectivity index (χ2v) is 6.99. The van der Waals surface area contributed by atoms with Crippen LogP contribution < -0.4 is 10.5 Å². The molecule has 1 aliphatic carbocycles. The summed E-state index contributed by atoms with van der Waals surface area (Å²) in [6, 6.07) is 9.93. The number of carbonyl (C=O) groups is 1. The van der Waals surface area contributed by atoms with Crippen LogP contribution in [0.4, 0.5) is 4.39 Å². The molecule has 1 aromatic carbocycles. The minimum absolute atomic E-state index is 0.0425. The fourth-order valence-corrected chi connectivity index (χ4v) is 4.17. The zero-order valence-corrected chi connectivity index (χ0v) is 15.9. The summed E-state index contributed by atoms with van der Waals surface area (Å²) in [7, 11) is 1.42. The van der Waals surface area contributed by atoms with Gasteiger partial charge in [0.2, 0.25) is 5.91 Å². The molecule has 146 valence electrons. The van der Waals surface area contributed by atoms with Crippen LogP contribution in [-0.4, -0.2) is 31.0 Å². The molecule has 0 bridgehead atoms. The highest BCUT2D eigenvalue weighted by Crippen LogP contribution is 2.54. The summed E-state index contributed by atoms with van der Waals surface area (Å²) in [5.41, 5.74) is 4.65. The predicted octanol–water partition coefficient (Wildman–Crippen LogP) is 2.11. The first-order chi connectivity index (χ1) is 13.8. The SMILES string of the molecule is COc1ccc(F)c(C2C3CN(C(C)=O)CC=C3C(C#N)=C(N)C2(C#N)C#N)c1. The van der Waals surface area contributed by atoms with E-state index in [0.717, 1.165) is 0 Å². The van der Waals surface area contributed by atoms with E-state index in [1.54, 1.807) is 6.08 Å². The first kappa shape index (κ1) is 19.9. The Bertz CT molecular complexity index is 1060. The van der Waals surface area contributed by atoms with E-state index in [0.29, 0.717) is 11.3 Å².